The van der Waals surface area contributed by atoms with Gasteiger partial charge in [-0.05, 0) is 29.8 Å². The van der Waals surface area contributed by atoms with Crippen LogP contribution in [0.5, 0.6) is 11.5 Å². The number of amides is 2. The van der Waals surface area contributed by atoms with E-state index in [0.717, 1.165) is 5.56 Å². The third-order valence-corrected chi connectivity index (χ3v) is 5.20. The Bertz CT molecular complexity index is 931. The average molecular weight is 429 g/mol. The average Bonchev–Trinajstić information content (AvgIpc) is 2.81. The fourth-order valence-corrected chi connectivity index (χ4v) is 3.61. The first-order valence-corrected chi connectivity index (χ1v) is 10.2. The van der Waals surface area contributed by atoms with Gasteiger partial charge in [0.15, 0.2) is 11.5 Å². The molecule has 1 saturated heterocycles. The minimum Gasteiger partial charge on any atom is -0.486 e. The molecule has 2 heterocycles. The molecule has 164 valence electrons. The maximum Gasteiger partial charge on any atom is 0.313 e. The van der Waals surface area contributed by atoms with Crippen molar-refractivity contribution < 1.29 is 28.2 Å². The fraction of sp³-hybridized carbons (Fsp3) is 0.364. The number of carbonyl (C=O) groups excluding carboxylic acids is 2. The molecule has 31 heavy (non-hydrogen) atoms. The van der Waals surface area contributed by atoms with Gasteiger partial charge in [0.2, 0.25) is 0 Å². The number of anilines is 1. The lowest BCUT2D eigenvalue weighted by atomic mass is 10.0. The summed E-state index contributed by atoms with van der Waals surface area (Å²) in [4.78, 5) is 26.9. The number of carbonyl (C=O) groups is 2. The first-order chi connectivity index (χ1) is 15.1. The van der Waals surface area contributed by atoms with Gasteiger partial charge in [0, 0.05) is 31.4 Å². The van der Waals surface area contributed by atoms with Gasteiger partial charge < -0.3 is 24.8 Å². The predicted molar refractivity (Wildman–Crippen MR) is 111 cm³/mol. The molecule has 0 bridgehead atoms. The summed E-state index contributed by atoms with van der Waals surface area (Å²) in [6.45, 7) is 3.63. The number of nitrogens with zero attached hydrogens (tertiary/aromatic N) is 1. The van der Waals surface area contributed by atoms with E-state index in [-0.39, 0.29) is 18.4 Å². The molecule has 2 amide bonds. The van der Waals surface area contributed by atoms with Gasteiger partial charge in [0.25, 0.3) is 0 Å². The number of halogens is 1. The molecule has 2 aliphatic heterocycles. The number of nitrogens with one attached hydrogen (secondary N) is 2. The van der Waals surface area contributed by atoms with Crippen molar-refractivity contribution in [3.05, 3.63) is 53.8 Å². The van der Waals surface area contributed by atoms with Crippen LogP contribution < -0.4 is 20.1 Å². The van der Waals surface area contributed by atoms with Crippen LogP contribution in [0.25, 0.3) is 0 Å². The highest BCUT2D eigenvalue weighted by molar-refractivity contribution is 6.39. The van der Waals surface area contributed by atoms with Crippen molar-refractivity contribution >= 4 is 17.5 Å². The van der Waals surface area contributed by atoms with E-state index in [0.29, 0.717) is 56.7 Å². The van der Waals surface area contributed by atoms with E-state index in [9.17, 15) is 14.0 Å². The fourth-order valence-electron chi connectivity index (χ4n) is 3.61. The second-order valence-corrected chi connectivity index (χ2v) is 7.24. The van der Waals surface area contributed by atoms with Crippen LogP contribution in [0, 0.1) is 5.82 Å². The monoisotopic (exact) mass is 429 g/mol. The van der Waals surface area contributed by atoms with E-state index >= 15 is 0 Å². The van der Waals surface area contributed by atoms with Gasteiger partial charge in [0.1, 0.15) is 19.0 Å². The van der Waals surface area contributed by atoms with Crippen LogP contribution in [-0.2, 0) is 14.3 Å². The molecule has 1 atom stereocenters. The molecule has 2 N–H and O–H groups in total. The molecule has 2 aliphatic rings. The van der Waals surface area contributed by atoms with E-state index in [1.54, 1.807) is 30.3 Å². The molecule has 0 aromatic heterocycles. The summed E-state index contributed by atoms with van der Waals surface area (Å²) in [5.41, 5.74) is 1.29. The summed E-state index contributed by atoms with van der Waals surface area (Å²) in [7, 11) is 0. The Hall–Kier alpha value is -3.17. The van der Waals surface area contributed by atoms with Crippen molar-refractivity contribution in [2.24, 2.45) is 0 Å². The number of fused-ring (bicyclic) bond motifs is 1. The minimum absolute atomic E-state index is 0.199. The molecule has 2 aromatic carbocycles. The van der Waals surface area contributed by atoms with Crippen molar-refractivity contribution in [2.45, 2.75) is 6.04 Å². The number of ether oxygens (including phenoxy) is 3. The van der Waals surface area contributed by atoms with E-state index in [1.807, 2.05) is 0 Å². The Balaban J connectivity index is 1.38. The van der Waals surface area contributed by atoms with Gasteiger partial charge in [0.05, 0.1) is 19.3 Å². The van der Waals surface area contributed by atoms with Crippen molar-refractivity contribution in [1.82, 2.24) is 10.2 Å². The third kappa shape index (κ3) is 5.31. The number of morpholine rings is 1. The van der Waals surface area contributed by atoms with Gasteiger partial charge in [-0.15, -0.1) is 0 Å². The zero-order valence-corrected chi connectivity index (χ0v) is 16.9. The SMILES string of the molecule is O=C(NC[C@H](c1ccc(F)cc1)N1CCOCC1)C(=O)Nc1ccc2c(c1)OCCO2. The quantitative estimate of drug-likeness (QED) is 0.704. The molecule has 0 unspecified atom stereocenters. The van der Waals surface area contributed by atoms with Crippen LogP contribution in [0.4, 0.5) is 10.1 Å². The van der Waals surface area contributed by atoms with Crippen molar-refractivity contribution in [3.8, 4) is 11.5 Å². The molecule has 4 rings (SSSR count). The lowest BCUT2D eigenvalue weighted by molar-refractivity contribution is -0.136. The second-order valence-electron chi connectivity index (χ2n) is 7.24. The van der Waals surface area contributed by atoms with Crippen LogP contribution in [-0.4, -0.2) is 62.8 Å². The Morgan fingerprint density at radius 2 is 1.65 bits per heavy atom. The molecule has 8 nitrogen and oxygen atoms in total. The van der Waals surface area contributed by atoms with Gasteiger partial charge in [-0.2, -0.15) is 0 Å². The maximum absolute atomic E-state index is 13.4. The largest absolute Gasteiger partial charge is 0.486 e. The Kier molecular flexibility index (Phi) is 6.63. The Morgan fingerprint density at radius 3 is 2.39 bits per heavy atom. The number of rotatable bonds is 5. The normalized spacial score (nSPS) is 16.9. The lowest BCUT2D eigenvalue weighted by Gasteiger charge is -2.34. The Labute approximate surface area is 179 Å². The molecular formula is C22H24FN3O5. The first-order valence-electron chi connectivity index (χ1n) is 10.2. The summed E-state index contributed by atoms with van der Waals surface area (Å²) in [5, 5.41) is 5.26. The topological polar surface area (TPSA) is 89.1 Å². The van der Waals surface area contributed by atoms with Crippen molar-refractivity contribution in [2.75, 3.05) is 51.4 Å². The summed E-state index contributed by atoms with van der Waals surface area (Å²) < 4.78 is 29.7. The molecule has 9 heteroatoms. The number of benzene rings is 2. The van der Waals surface area contributed by atoms with Crippen LogP contribution >= 0.6 is 0 Å². The Morgan fingerprint density at radius 1 is 0.935 bits per heavy atom. The molecular weight excluding hydrogens is 405 g/mol. The van der Waals surface area contributed by atoms with Crippen molar-refractivity contribution in [3.63, 3.8) is 0 Å². The predicted octanol–water partition coefficient (Wildman–Crippen LogP) is 1.73. The molecule has 0 aliphatic carbocycles. The molecule has 2 aromatic rings. The van der Waals surface area contributed by atoms with Gasteiger partial charge in [-0.25, -0.2) is 4.39 Å². The number of hydrogen-bond acceptors (Lipinski definition) is 6. The van der Waals surface area contributed by atoms with Gasteiger partial charge in [-0.1, -0.05) is 12.1 Å². The number of hydrogen-bond donors (Lipinski definition) is 2. The zero-order valence-electron chi connectivity index (χ0n) is 16.9. The van der Waals surface area contributed by atoms with Crippen LogP contribution in [0.2, 0.25) is 0 Å². The highest BCUT2D eigenvalue weighted by Crippen LogP contribution is 2.32. The van der Waals surface area contributed by atoms with Crippen LogP contribution in [0.15, 0.2) is 42.5 Å². The zero-order chi connectivity index (χ0) is 21.6. The van der Waals surface area contributed by atoms with E-state index < -0.39 is 11.8 Å². The molecule has 0 saturated carbocycles. The summed E-state index contributed by atoms with van der Waals surface area (Å²) in [5.74, 6) is -0.742. The lowest BCUT2D eigenvalue weighted by Crippen LogP contribution is -2.45. The highest BCUT2D eigenvalue weighted by atomic mass is 19.1. The summed E-state index contributed by atoms with van der Waals surface area (Å²) >= 11 is 0. The minimum atomic E-state index is -0.781. The highest BCUT2D eigenvalue weighted by Gasteiger charge is 2.25. The van der Waals surface area contributed by atoms with E-state index in [4.69, 9.17) is 14.2 Å². The van der Waals surface area contributed by atoms with Crippen molar-refractivity contribution in [1.29, 1.82) is 0 Å². The third-order valence-electron chi connectivity index (χ3n) is 5.20. The van der Waals surface area contributed by atoms with Crippen LogP contribution in [0.3, 0.4) is 0 Å². The molecule has 0 radical (unpaired) electrons. The standard InChI is InChI=1S/C22H24FN3O5/c23-16-3-1-15(2-4-16)18(26-7-9-29-10-8-26)14-24-21(27)22(28)25-17-5-6-19-20(13-17)31-12-11-30-19/h1-6,13,18H,7-12,14H2,(H,24,27)(H,25,28)/t18-/m1/s1. The first kappa shape index (κ1) is 21.1. The summed E-state index contributed by atoms with van der Waals surface area (Å²) in [6, 6.07) is 10.9. The molecule has 0 spiro atoms. The smallest absolute Gasteiger partial charge is 0.313 e. The van der Waals surface area contributed by atoms with Gasteiger partial charge >= 0.3 is 11.8 Å². The van der Waals surface area contributed by atoms with Crippen LogP contribution in [0.1, 0.15) is 11.6 Å². The van der Waals surface area contributed by atoms with E-state index in [1.165, 1.54) is 12.1 Å². The second kappa shape index (κ2) is 9.76. The van der Waals surface area contributed by atoms with Gasteiger partial charge in [-0.3, -0.25) is 14.5 Å². The van der Waals surface area contributed by atoms with E-state index in [2.05, 4.69) is 15.5 Å². The molecule has 1 fully saturated rings. The summed E-state index contributed by atoms with van der Waals surface area (Å²) in [6.07, 6.45) is 0. The maximum atomic E-state index is 13.4.